The van der Waals surface area contributed by atoms with E-state index in [4.69, 9.17) is 16.0 Å². The van der Waals surface area contributed by atoms with Crippen LogP contribution in [0.4, 0.5) is 0 Å². The molecule has 0 aliphatic carbocycles. The standard InChI is InChI=1S/C27H33ClN2O4Si/c1-17-20-10-8-11-21(26(32)33)23(20)13-19(16-34-35(5,6)27(2,3)4)30(17)25(31)14-22-18(15-29)9-7-12-24(22)28/h7-12,17,19H,13-14,16H2,1-6H3,(H,32,33)/t17-,19+/m0/s1. The first-order chi connectivity index (χ1) is 16.3. The molecule has 1 heterocycles. The van der Waals surface area contributed by atoms with Crippen molar-refractivity contribution >= 4 is 31.8 Å². The molecule has 1 aliphatic rings. The summed E-state index contributed by atoms with van der Waals surface area (Å²) in [6, 6.07) is 11.7. The monoisotopic (exact) mass is 512 g/mol. The lowest BCUT2D eigenvalue weighted by Crippen LogP contribution is -2.52. The maximum atomic E-state index is 13.8. The Morgan fingerprint density at radius 2 is 1.89 bits per heavy atom. The fraction of sp³-hybridized carbons (Fsp3) is 0.444. The number of fused-ring (bicyclic) bond motifs is 1. The van der Waals surface area contributed by atoms with Gasteiger partial charge in [-0.3, -0.25) is 4.79 Å². The molecule has 6 nitrogen and oxygen atoms in total. The Morgan fingerprint density at radius 3 is 2.49 bits per heavy atom. The lowest BCUT2D eigenvalue weighted by molar-refractivity contribution is -0.137. The summed E-state index contributed by atoms with van der Waals surface area (Å²) in [5.41, 5.74) is 2.70. The number of carbonyl (C=O) groups is 2. The molecule has 2 atom stereocenters. The number of rotatable bonds is 6. The highest BCUT2D eigenvalue weighted by molar-refractivity contribution is 6.74. The van der Waals surface area contributed by atoms with E-state index in [2.05, 4.69) is 39.9 Å². The van der Waals surface area contributed by atoms with Crippen molar-refractivity contribution in [2.75, 3.05) is 6.61 Å². The predicted octanol–water partition coefficient (Wildman–Crippen LogP) is 5.99. The number of halogens is 1. The molecular weight excluding hydrogens is 480 g/mol. The Labute approximate surface area is 213 Å². The Morgan fingerprint density at radius 1 is 1.23 bits per heavy atom. The first kappa shape index (κ1) is 26.9. The number of hydrogen-bond donors (Lipinski definition) is 1. The second-order valence-corrected chi connectivity index (χ2v) is 15.9. The number of carboxylic acids is 1. The molecule has 0 radical (unpaired) electrons. The lowest BCUT2D eigenvalue weighted by atomic mass is 9.85. The fourth-order valence-corrected chi connectivity index (χ4v) is 5.67. The number of aromatic carboxylic acids is 1. The quantitative estimate of drug-likeness (QED) is 0.480. The van der Waals surface area contributed by atoms with E-state index in [9.17, 15) is 20.0 Å². The van der Waals surface area contributed by atoms with E-state index in [1.54, 1.807) is 35.2 Å². The van der Waals surface area contributed by atoms with Crippen molar-refractivity contribution in [2.45, 2.75) is 70.8 Å². The van der Waals surface area contributed by atoms with E-state index in [0.29, 0.717) is 29.2 Å². The van der Waals surface area contributed by atoms with Gasteiger partial charge in [0.25, 0.3) is 0 Å². The van der Waals surface area contributed by atoms with Crippen LogP contribution in [0.2, 0.25) is 23.2 Å². The molecule has 0 bridgehead atoms. The average molecular weight is 513 g/mol. The second-order valence-electron chi connectivity index (χ2n) is 10.6. The molecule has 0 aromatic heterocycles. The number of hydrogen-bond acceptors (Lipinski definition) is 4. The van der Waals surface area contributed by atoms with Gasteiger partial charge in [0, 0.05) is 5.02 Å². The van der Waals surface area contributed by atoms with E-state index in [-0.39, 0.29) is 35.0 Å². The molecule has 2 aromatic carbocycles. The Hall–Kier alpha value is -2.66. The van der Waals surface area contributed by atoms with Gasteiger partial charge >= 0.3 is 5.97 Å². The van der Waals surface area contributed by atoms with Gasteiger partial charge in [-0.25, -0.2) is 4.79 Å². The van der Waals surface area contributed by atoms with E-state index in [1.807, 2.05) is 13.0 Å². The van der Waals surface area contributed by atoms with E-state index in [1.165, 1.54) is 0 Å². The predicted molar refractivity (Wildman–Crippen MR) is 139 cm³/mol. The molecule has 8 heteroatoms. The summed E-state index contributed by atoms with van der Waals surface area (Å²) in [7, 11) is -2.12. The molecule has 0 spiro atoms. The number of carbonyl (C=O) groups excluding carboxylic acids is 1. The second kappa shape index (κ2) is 10.1. The van der Waals surface area contributed by atoms with Gasteiger partial charge in [0.2, 0.25) is 5.91 Å². The minimum absolute atomic E-state index is 0.00842. The summed E-state index contributed by atoms with van der Waals surface area (Å²) >= 11 is 6.37. The van der Waals surface area contributed by atoms with Crippen molar-refractivity contribution in [1.29, 1.82) is 5.26 Å². The van der Waals surface area contributed by atoms with E-state index >= 15 is 0 Å². The SMILES string of the molecule is C[C@H]1c2cccc(C(=O)O)c2C[C@H](CO[Si](C)(C)C(C)(C)C)N1C(=O)Cc1c(Cl)cccc1C#N. The highest BCUT2D eigenvalue weighted by Crippen LogP contribution is 2.39. The van der Waals surface area contributed by atoms with Crippen molar-refractivity contribution in [3.8, 4) is 6.07 Å². The third kappa shape index (κ3) is 5.45. The van der Waals surface area contributed by atoms with Gasteiger partial charge in [-0.15, -0.1) is 0 Å². The van der Waals surface area contributed by atoms with Crippen LogP contribution in [0.15, 0.2) is 36.4 Å². The van der Waals surface area contributed by atoms with Crippen LogP contribution in [-0.2, 0) is 22.1 Å². The smallest absolute Gasteiger partial charge is 0.335 e. The van der Waals surface area contributed by atoms with Crippen LogP contribution in [-0.4, -0.2) is 42.8 Å². The Balaban J connectivity index is 2.02. The van der Waals surface area contributed by atoms with Gasteiger partial charge in [-0.1, -0.05) is 50.6 Å². The van der Waals surface area contributed by atoms with Crippen LogP contribution >= 0.6 is 11.6 Å². The molecule has 2 aromatic rings. The molecule has 1 amide bonds. The Bertz CT molecular complexity index is 1180. The Kier molecular flexibility index (Phi) is 7.80. The molecule has 3 rings (SSSR count). The third-order valence-corrected chi connectivity index (χ3v) is 12.3. The van der Waals surface area contributed by atoms with Crippen LogP contribution in [0.1, 0.15) is 66.3 Å². The molecule has 0 saturated carbocycles. The molecule has 1 N–H and O–H groups in total. The average Bonchev–Trinajstić information content (AvgIpc) is 2.77. The zero-order valence-corrected chi connectivity index (χ0v) is 22.9. The summed E-state index contributed by atoms with van der Waals surface area (Å²) in [4.78, 5) is 27.5. The fourth-order valence-electron chi connectivity index (χ4n) is 4.39. The molecular formula is C27H33ClN2O4Si. The molecule has 186 valence electrons. The third-order valence-electron chi connectivity index (χ3n) is 7.44. The van der Waals surface area contributed by atoms with E-state index < -0.39 is 14.3 Å². The highest BCUT2D eigenvalue weighted by Gasteiger charge is 2.41. The van der Waals surface area contributed by atoms with Crippen molar-refractivity contribution < 1.29 is 19.1 Å². The molecule has 0 fully saturated rings. The first-order valence-corrected chi connectivity index (χ1v) is 15.0. The lowest BCUT2D eigenvalue weighted by Gasteiger charge is -2.44. The normalized spacial score (nSPS) is 18.1. The van der Waals surface area contributed by atoms with Gasteiger partial charge in [-0.05, 0) is 66.4 Å². The largest absolute Gasteiger partial charge is 0.478 e. The molecule has 1 aliphatic heterocycles. The molecule has 0 saturated heterocycles. The molecule has 35 heavy (non-hydrogen) atoms. The summed E-state index contributed by atoms with van der Waals surface area (Å²) in [5.74, 6) is -1.15. The van der Waals surface area contributed by atoms with Crippen molar-refractivity contribution in [2.24, 2.45) is 0 Å². The van der Waals surface area contributed by atoms with Crippen molar-refractivity contribution in [3.05, 3.63) is 69.2 Å². The minimum atomic E-state index is -2.12. The number of carboxylic acid groups (broad SMARTS) is 1. The maximum Gasteiger partial charge on any atom is 0.335 e. The van der Waals surface area contributed by atoms with Gasteiger partial charge in [0.15, 0.2) is 8.32 Å². The van der Waals surface area contributed by atoms with Gasteiger partial charge < -0.3 is 14.4 Å². The van der Waals surface area contributed by atoms with Crippen LogP contribution < -0.4 is 0 Å². The zero-order valence-electron chi connectivity index (χ0n) is 21.2. The summed E-state index contributed by atoms with van der Waals surface area (Å²) < 4.78 is 6.52. The topological polar surface area (TPSA) is 90.6 Å². The highest BCUT2D eigenvalue weighted by atomic mass is 35.5. The van der Waals surface area contributed by atoms with Gasteiger partial charge in [-0.2, -0.15) is 5.26 Å². The number of nitrogens with zero attached hydrogens (tertiary/aromatic N) is 2. The van der Waals surface area contributed by atoms with Crippen molar-refractivity contribution in [3.63, 3.8) is 0 Å². The molecule has 0 unspecified atom stereocenters. The zero-order chi connectivity index (χ0) is 26.1. The van der Waals surface area contributed by atoms with Gasteiger partial charge in [0.05, 0.1) is 42.3 Å². The number of nitriles is 1. The van der Waals surface area contributed by atoms with Crippen LogP contribution in [0.3, 0.4) is 0 Å². The van der Waals surface area contributed by atoms with Crippen molar-refractivity contribution in [1.82, 2.24) is 4.90 Å². The summed E-state index contributed by atoms with van der Waals surface area (Å²) in [5, 5.41) is 19.7. The van der Waals surface area contributed by atoms with Gasteiger partial charge in [0.1, 0.15) is 0 Å². The number of benzene rings is 2. The van der Waals surface area contributed by atoms with Crippen LogP contribution in [0.25, 0.3) is 0 Å². The van der Waals surface area contributed by atoms with Crippen LogP contribution in [0, 0.1) is 11.3 Å². The summed E-state index contributed by atoms with van der Waals surface area (Å²) in [6.45, 7) is 13.0. The van der Waals surface area contributed by atoms with Crippen LogP contribution in [0.5, 0.6) is 0 Å². The first-order valence-electron chi connectivity index (χ1n) is 11.8. The minimum Gasteiger partial charge on any atom is -0.478 e. The van der Waals surface area contributed by atoms with E-state index in [0.717, 1.165) is 11.1 Å². The number of amides is 1. The summed E-state index contributed by atoms with van der Waals surface area (Å²) in [6.07, 6.45) is 0.369. The maximum absolute atomic E-state index is 13.8.